The molecule has 2 heterocycles. The SMILES string of the molecule is CCCCOc1ccc(C2C3C(NNC3c3c(C)cc(C)cc3O)C(=O)N2CCCC)cc1OCC. The fraction of sp³-hybridized carbons (Fsp3) is 0.552. The molecule has 7 heteroatoms. The van der Waals surface area contributed by atoms with Gasteiger partial charge in [0.05, 0.1) is 25.3 Å². The van der Waals surface area contributed by atoms with Crippen molar-refractivity contribution in [3.05, 3.63) is 52.6 Å². The molecule has 7 nitrogen and oxygen atoms in total. The molecule has 3 N–H and O–H groups in total. The van der Waals surface area contributed by atoms with Crippen LogP contribution in [0.4, 0.5) is 0 Å². The van der Waals surface area contributed by atoms with Gasteiger partial charge >= 0.3 is 0 Å². The van der Waals surface area contributed by atoms with Crippen LogP contribution in [-0.4, -0.2) is 41.7 Å². The first-order chi connectivity index (χ1) is 17.4. The summed E-state index contributed by atoms with van der Waals surface area (Å²) in [6, 6.07) is 9.23. The van der Waals surface area contributed by atoms with Gasteiger partial charge in [-0.15, -0.1) is 0 Å². The maximum atomic E-state index is 13.6. The first-order valence-corrected chi connectivity index (χ1v) is 13.4. The van der Waals surface area contributed by atoms with Crippen LogP contribution in [0.1, 0.15) is 80.8 Å². The monoisotopic (exact) mass is 495 g/mol. The molecule has 2 saturated heterocycles. The van der Waals surface area contributed by atoms with E-state index >= 15 is 0 Å². The molecule has 2 aromatic carbocycles. The van der Waals surface area contributed by atoms with E-state index in [0.717, 1.165) is 53.7 Å². The Bertz CT molecular complexity index is 1050. The molecule has 0 aliphatic carbocycles. The van der Waals surface area contributed by atoms with Crippen molar-refractivity contribution in [1.29, 1.82) is 0 Å². The Hall–Kier alpha value is -2.77. The van der Waals surface area contributed by atoms with Crippen LogP contribution in [-0.2, 0) is 4.79 Å². The number of fused-ring (bicyclic) bond motifs is 1. The molecular weight excluding hydrogens is 454 g/mol. The molecule has 0 bridgehead atoms. The summed E-state index contributed by atoms with van der Waals surface area (Å²) < 4.78 is 12.0. The quantitative estimate of drug-likeness (QED) is 0.376. The Kier molecular flexibility index (Phi) is 8.42. The van der Waals surface area contributed by atoms with Gasteiger partial charge in [0.1, 0.15) is 11.8 Å². The van der Waals surface area contributed by atoms with Crippen molar-refractivity contribution in [3.8, 4) is 17.2 Å². The second-order valence-electron chi connectivity index (χ2n) is 10.0. The Morgan fingerprint density at radius 1 is 0.944 bits per heavy atom. The summed E-state index contributed by atoms with van der Waals surface area (Å²) in [5, 5.41) is 10.9. The van der Waals surface area contributed by atoms with Gasteiger partial charge in [0, 0.05) is 18.0 Å². The smallest absolute Gasteiger partial charge is 0.242 e. The van der Waals surface area contributed by atoms with Crippen molar-refractivity contribution in [3.63, 3.8) is 0 Å². The van der Waals surface area contributed by atoms with E-state index < -0.39 is 0 Å². The van der Waals surface area contributed by atoms with Gasteiger partial charge in [-0.3, -0.25) is 4.79 Å². The zero-order chi connectivity index (χ0) is 25.8. The zero-order valence-corrected chi connectivity index (χ0v) is 22.3. The van der Waals surface area contributed by atoms with Gasteiger partial charge < -0.3 is 19.5 Å². The van der Waals surface area contributed by atoms with Crippen molar-refractivity contribution in [1.82, 2.24) is 15.8 Å². The lowest BCUT2D eigenvalue weighted by Gasteiger charge is -2.32. The highest BCUT2D eigenvalue weighted by molar-refractivity contribution is 5.86. The molecule has 36 heavy (non-hydrogen) atoms. The largest absolute Gasteiger partial charge is 0.508 e. The van der Waals surface area contributed by atoms with Crippen LogP contribution in [0.5, 0.6) is 17.2 Å². The summed E-state index contributed by atoms with van der Waals surface area (Å²) in [5.41, 5.74) is 10.5. The molecular formula is C29H41N3O4. The average Bonchev–Trinajstić information content (AvgIpc) is 3.37. The number of phenolic OH excluding ortho intramolecular Hbond substituents is 1. The molecule has 0 saturated carbocycles. The molecule has 196 valence electrons. The minimum Gasteiger partial charge on any atom is -0.508 e. The van der Waals surface area contributed by atoms with Crippen molar-refractivity contribution in [2.45, 2.75) is 78.4 Å². The third kappa shape index (κ3) is 5.04. The van der Waals surface area contributed by atoms with Gasteiger partial charge in [-0.05, 0) is 68.5 Å². The van der Waals surface area contributed by atoms with Crippen LogP contribution >= 0.6 is 0 Å². The minimum atomic E-state index is -0.368. The number of nitrogens with one attached hydrogen (secondary N) is 2. The number of aromatic hydroxyl groups is 1. The van der Waals surface area contributed by atoms with Gasteiger partial charge in [-0.25, -0.2) is 10.9 Å². The molecule has 4 atom stereocenters. The lowest BCUT2D eigenvalue weighted by atomic mass is 9.81. The first kappa shape index (κ1) is 26.3. The van der Waals surface area contributed by atoms with E-state index in [1.54, 1.807) is 6.07 Å². The lowest BCUT2D eigenvalue weighted by molar-refractivity contribution is -0.130. The number of rotatable bonds is 11. The Balaban J connectivity index is 1.76. The number of carbonyl (C=O) groups excluding carboxylic acids is 1. The van der Waals surface area contributed by atoms with Crippen LogP contribution < -0.4 is 20.3 Å². The maximum Gasteiger partial charge on any atom is 0.242 e. The van der Waals surface area contributed by atoms with E-state index in [4.69, 9.17) is 9.47 Å². The van der Waals surface area contributed by atoms with Gasteiger partial charge in [-0.1, -0.05) is 38.8 Å². The van der Waals surface area contributed by atoms with Crippen molar-refractivity contribution in [2.24, 2.45) is 5.92 Å². The maximum absolute atomic E-state index is 13.6. The molecule has 2 fully saturated rings. The van der Waals surface area contributed by atoms with E-state index in [2.05, 4.69) is 36.8 Å². The molecule has 2 aliphatic heterocycles. The number of ether oxygens (including phenoxy) is 2. The number of hydrogen-bond donors (Lipinski definition) is 3. The normalized spacial score (nSPS) is 23.2. The minimum absolute atomic E-state index is 0.0944. The number of phenols is 1. The molecule has 4 rings (SSSR count). The molecule has 0 radical (unpaired) electrons. The first-order valence-electron chi connectivity index (χ1n) is 13.4. The van der Waals surface area contributed by atoms with Crippen molar-refractivity contribution < 1.29 is 19.4 Å². The Morgan fingerprint density at radius 2 is 1.69 bits per heavy atom. The Labute approximate surface area is 215 Å². The van der Waals surface area contributed by atoms with Crippen LogP contribution in [0.25, 0.3) is 0 Å². The number of carbonyl (C=O) groups is 1. The number of benzene rings is 2. The van der Waals surface area contributed by atoms with E-state index in [0.29, 0.717) is 25.5 Å². The van der Waals surface area contributed by atoms with Crippen LogP contribution in [0, 0.1) is 19.8 Å². The second-order valence-corrected chi connectivity index (χ2v) is 10.0. The number of amides is 1. The van der Waals surface area contributed by atoms with E-state index in [9.17, 15) is 9.90 Å². The summed E-state index contributed by atoms with van der Waals surface area (Å²) in [6.45, 7) is 12.1. The standard InChI is InChI=1S/C29H41N3O4/c1-6-9-13-32-28(20-11-12-22(36-14-10-7-2)23(17-20)35-8-3)25-26(30-31-27(25)29(32)34)24-19(5)15-18(4)16-21(24)33/h11-12,15-17,25-28,30-31,33H,6-10,13-14H2,1-5H3. The predicted octanol–water partition coefficient (Wildman–Crippen LogP) is 5.10. The van der Waals surface area contributed by atoms with E-state index in [1.807, 2.05) is 37.8 Å². The fourth-order valence-electron chi connectivity index (χ4n) is 5.71. The average molecular weight is 496 g/mol. The third-order valence-electron chi connectivity index (χ3n) is 7.35. The number of unbranched alkanes of at least 4 members (excludes halogenated alkanes) is 2. The highest BCUT2D eigenvalue weighted by atomic mass is 16.5. The summed E-state index contributed by atoms with van der Waals surface area (Å²) in [5.74, 6) is 1.71. The highest BCUT2D eigenvalue weighted by Gasteiger charge is 2.56. The van der Waals surface area contributed by atoms with Gasteiger partial charge in [0.25, 0.3) is 0 Å². The summed E-state index contributed by atoms with van der Waals surface area (Å²) in [6.07, 6.45) is 3.99. The van der Waals surface area contributed by atoms with Crippen LogP contribution in [0.15, 0.2) is 30.3 Å². The lowest BCUT2D eigenvalue weighted by Crippen LogP contribution is -2.41. The second kappa shape index (κ2) is 11.5. The summed E-state index contributed by atoms with van der Waals surface area (Å²) in [4.78, 5) is 15.7. The molecule has 4 unspecified atom stereocenters. The number of hydrazine groups is 1. The number of hydrogen-bond acceptors (Lipinski definition) is 6. The number of aryl methyl sites for hydroxylation is 2. The number of nitrogens with zero attached hydrogens (tertiary/aromatic N) is 1. The third-order valence-corrected chi connectivity index (χ3v) is 7.35. The van der Waals surface area contributed by atoms with E-state index in [1.165, 1.54) is 0 Å². The summed E-state index contributed by atoms with van der Waals surface area (Å²) in [7, 11) is 0. The van der Waals surface area contributed by atoms with E-state index in [-0.39, 0.29) is 35.7 Å². The van der Waals surface area contributed by atoms with Crippen LogP contribution in [0.2, 0.25) is 0 Å². The van der Waals surface area contributed by atoms with Gasteiger partial charge in [-0.2, -0.15) is 0 Å². The van der Waals surface area contributed by atoms with Gasteiger partial charge in [0.15, 0.2) is 11.5 Å². The molecule has 0 spiro atoms. The highest BCUT2D eigenvalue weighted by Crippen LogP contribution is 2.50. The number of likely N-dealkylation sites (tertiary alicyclic amines) is 1. The van der Waals surface area contributed by atoms with Crippen molar-refractivity contribution >= 4 is 5.91 Å². The molecule has 2 aliphatic rings. The predicted molar refractivity (Wildman–Crippen MR) is 141 cm³/mol. The molecule has 0 aromatic heterocycles. The van der Waals surface area contributed by atoms with Crippen molar-refractivity contribution in [2.75, 3.05) is 19.8 Å². The fourth-order valence-corrected chi connectivity index (χ4v) is 5.71. The molecule has 1 amide bonds. The summed E-state index contributed by atoms with van der Waals surface area (Å²) >= 11 is 0. The van der Waals surface area contributed by atoms with Crippen LogP contribution in [0.3, 0.4) is 0 Å². The van der Waals surface area contributed by atoms with Gasteiger partial charge in [0.2, 0.25) is 5.91 Å². The Morgan fingerprint density at radius 3 is 2.39 bits per heavy atom. The topological polar surface area (TPSA) is 83.1 Å². The molecule has 2 aromatic rings. The zero-order valence-electron chi connectivity index (χ0n) is 22.3.